The molecule has 0 heterocycles. The van der Waals surface area contributed by atoms with E-state index < -0.39 is 5.54 Å². The molecule has 2 aromatic carbocycles. The summed E-state index contributed by atoms with van der Waals surface area (Å²) in [6.07, 6.45) is 0. The Balaban J connectivity index is 2.32. The molecule has 2 rings (SSSR count). The van der Waals surface area contributed by atoms with Crippen LogP contribution in [-0.2, 0) is 5.54 Å². The van der Waals surface area contributed by atoms with Crippen molar-refractivity contribution in [3.05, 3.63) is 69.7 Å². The highest BCUT2D eigenvalue weighted by Crippen LogP contribution is 2.31. The fraction of sp³-hybridized carbons (Fsp3) is 0.200. The molecule has 2 nitrogen and oxygen atoms in total. The summed E-state index contributed by atoms with van der Waals surface area (Å²) in [5, 5.41) is 1.36. The number of rotatable bonds is 3. The Hall–Kier alpha value is -1.06. The fourth-order valence-corrected chi connectivity index (χ4v) is 2.26. The molecule has 0 bridgehead atoms. The van der Waals surface area contributed by atoms with Crippen molar-refractivity contribution >= 4 is 23.2 Å². The van der Waals surface area contributed by atoms with Crippen molar-refractivity contribution in [1.82, 2.24) is 0 Å². The molecule has 0 aliphatic heterocycles. The zero-order valence-corrected chi connectivity index (χ0v) is 12.1. The fourth-order valence-electron chi connectivity index (χ4n) is 2.00. The van der Waals surface area contributed by atoms with Gasteiger partial charge in [0.05, 0.1) is 11.6 Å². The van der Waals surface area contributed by atoms with Crippen LogP contribution in [0.4, 0.5) is 0 Å². The Morgan fingerprint density at radius 2 is 1.32 bits per heavy atom. The lowest BCUT2D eigenvalue weighted by atomic mass is 9.82. The molecular weight excluding hydrogens is 279 g/mol. The van der Waals surface area contributed by atoms with Crippen LogP contribution in [0.1, 0.15) is 24.1 Å². The van der Waals surface area contributed by atoms with E-state index in [4.69, 9.17) is 34.7 Å². The molecule has 4 N–H and O–H groups in total. The average molecular weight is 295 g/mol. The second kappa shape index (κ2) is 5.51. The molecule has 0 aromatic heterocycles. The molecule has 0 spiro atoms. The van der Waals surface area contributed by atoms with Crippen molar-refractivity contribution < 1.29 is 0 Å². The van der Waals surface area contributed by atoms with E-state index in [1.165, 1.54) is 0 Å². The molecular formula is C15H16Cl2N2. The molecule has 2 atom stereocenters. The maximum atomic E-state index is 6.40. The molecule has 0 amide bonds. The maximum Gasteiger partial charge on any atom is 0.0576 e. The molecule has 100 valence electrons. The summed E-state index contributed by atoms with van der Waals surface area (Å²) in [5.41, 5.74) is 13.9. The van der Waals surface area contributed by atoms with E-state index in [1.807, 2.05) is 55.5 Å². The number of hydrogen-bond donors (Lipinski definition) is 2. The number of benzene rings is 2. The van der Waals surface area contributed by atoms with Gasteiger partial charge in [0.2, 0.25) is 0 Å². The number of halogens is 2. The van der Waals surface area contributed by atoms with Crippen LogP contribution in [0.15, 0.2) is 48.5 Å². The first-order valence-electron chi connectivity index (χ1n) is 5.97. The van der Waals surface area contributed by atoms with Crippen LogP contribution in [0.2, 0.25) is 10.0 Å². The topological polar surface area (TPSA) is 52.0 Å². The summed E-state index contributed by atoms with van der Waals surface area (Å²) >= 11 is 11.8. The minimum Gasteiger partial charge on any atom is -0.322 e. The van der Waals surface area contributed by atoms with E-state index in [9.17, 15) is 0 Å². The summed E-state index contributed by atoms with van der Waals surface area (Å²) < 4.78 is 0. The maximum absolute atomic E-state index is 6.40. The third-order valence-corrected chi connectivity index (χ3v) is 3.85. The van der Waals surface area contributed by atoms with E-state index in [0.717, 1.165) is 11.1 Å². The largest absolute Gasteiger partial charge is 0.322 e. The van der Waals surface area contributed by atoms with Gasteiger partial charge in [0.25, 0.3) is 0 Å². The SMILES string of the molecule is C[C@@](N)(c1ccc(Cl)cc1)[C@H](N)c1ccc(Cl)cc1. The van der Waals surface area contributed by atoms with Crippen molar-refractivity contribution in [2.45, 2.75) is 18.5 Å². The van der Waals surface area contributed by atoms with Crippen molar-refractivity contribution in [2.75, 3.05) is 0 Å². The smallest absolute Gasteiger partial charge is 0.0576 e. The predicted octanol–water partition coefficient (Wildman–Crippen LogP) is 3.87. The van der Waals surface area contributed by atoms with Crippen LogP contribution in [-0.4, -0.2) is 0 Å². The molecule has 0 saturated heterocycles. The van der Waals surface area contributed by atoms with Gasteiger partial charge < -0.3 is 11.5 Å². The molecule has 0 aliphatic rings. The zero-order valence-electron chi connectivity index (χ0n) is 10.6. The summed E-state index contributed by atoms with van der Waals surface area (Å²) in [7, 11) is 0. The Labute approximate surface area is 123 Å². The highest BCUT2D eigenvalue weighted by atomic mass is 35.5. The zero-order chi connectivity index (χ0) is 14.0. The molecule has 4 heteroatoms. The van der Waals surface area contributed by atoms with Crippen LogP contribution in [0.3, 0.4) is 0 Å². The quantitative estimate of drug-likeness (QED) is 0.903. The van der Waals surface area contributed by atoms with Gasteiger partial charge in [-0.3, -0.25) is 0 Å². The van der Waals surface area contributed by atoms with Gasteiger partial charge in [-0.05, 0) is 42.3 Å². The van der Waals surface area contributed by atoms with Gasteiger partial charge in [0.15, 0.2) is 0 Å². The van der Waals surface area contributed by atoms with Crippen LogP contribution in [0.25, 0.3) is 0 Å². The number of hydrogen-bond acceptors (Lipinski definition) is 2. The van der Waals surface area contributed by atoms with Crippen LogP contribution >= 0.6 is 23.2 Å². The first-order valence-corrected chi connectivity index (χ1v) is 6.73. The molecule has 0 aliphatic carbocycles. The Morgan fingerprint density at radius 3 is 1.79 bits per heavy atom. The third-order valence-electron chi connectivity index (χ3n) is 3.34. The lowest BCUT2D eigenvalue weighted by Gasteiger charge is -2.32. The minimum atomic E-state index is -0.682. The van der Waals surface area contributed by atoms with E-state index in [0.29, 0.717) is 10.0 Å². The Kier molecular flexibility index (Phi) is 4.16. The van der Waals surface area contributed by atoms with Crippen molar-refractivity contribution in [1.29, 1.82) is 0 Å². The Bertz CT molecular complexity index is 547. The molecule has 0 saturated carbocycles. The second-order valence-electron chi connectivity index (χ2n) is 4.82. The first-order chi connectivity index (χ1) is 8.91. The normalized spacial score (nSPS) is 15.8. The molecule has 0 unspecified atom stereocenters. The van der Waals surface area contributed by atoms with Crippen molar-refractivity contribution in [3.8, 4) is 0 Å². The van der Waals surface area contributed by atoms with Gasteiger partial charge in [-0.25, -0.2) is 0 Å². The average Bonchev–Trinajstić information content (AvgIpc) is 2.39. The predicted molar refractivity (Wildman–Crippen MR) is 81.4 cm³/mol. The molecule has 19 heavy (non-hydrogen) atoms. The summed E-state index contributed by atoms with van der Waals surface area (Å²) in [4.78, 5) is 0. The van der Waals surface area contributed by atoms with Gasteiger partial charge in [0, 0.05) is 10.0 Å². The first kappa shape index (κ1) is 14.4. The van der Waals surface area contributed by atoms with Gasteiger partial charge in [0.1, 0.15) is 0 Å². The van der Waals surface area contributed by atoms with Gasteiger partial charge in [-0.2, -0.15) is 0 Å². The van der Waals surface area contributed by atoms with E-state index in [1.54, 1.807) is 0 Å². The summed E-state index contributed by atoms with van der Waals surface area (Å²) in [6, 6.07) is 14.5. The second-order valence-corrected chi connectivity index (χ2v) is 5.69. The standard InChI is InChI=1S/C15H16Cl2N2/c1-15(19,11-4-8-13(17)9-5-11)14(18)10-2-6-12(16)7-3-10/h2-9,14H,18-19H2,1H3/t14-,15-/m1/s1. The minimum absolute atomic E-state index is 0.328. The molecule has 0 radical (unpaired) electrons. The summed E-state index contributed by atoms with van der Waals surface area (Å²) in [5.74, 6) is 0. The van der Waals surface area contributed by atoms with Crippen LogP contribution in [0, 0.1) is 0 Å². The highest BCUT2D eigenvalue weighted by Gasteiger charge is 2.30. The van der Waals surface area contributed by atoms with Crippen molar-refractivity contribution in [3.63, 3.8) is 0 Å². The van der Waals surface area contributed by atoms with Crippen molar-refractivity contribution in [2.24, 2.45) is 11.5 Å². The summed E-state index contributed by atoms with van der Waals surface area (Å²) in [6.45, 7) is 1.91. The number of nitrogens with two attached hydrogens (primary N) is 2. The van der Waals surface area contributed by atoms with Crippen LogP contribution in [0.5, 0.6) is 0 Å². The lowest BCUT2D eigenvalue weighted by Crippen LogP contribution is -2.44. The Morgan fingerprint density at radius 1 is 0.895 bits per heavy atom. The highest BCUT2D eigenvalue weighted by molar-refractivity contribution is 6.30. The molecule has 2 aromatic rings. The molecule has 0 fully saturated rings. The van der Waals surface area contributed by atoms with Gasteiger partial charge in [-0.15, -0.1) is 0 Å². The monoisotopic (exact) mass is 294 g/mol. The van der Waals surface area contributed by atoms with Gasteiger partial charge in [-0.1, -0.05) is 47.5 Å². The van der Waals surface area contributed by atoms with Gasteiger partial charge >= 0.3 is 0 Å². The van der Waals surface area contributed by atoms with E-state index in [-0.39, 0.29) is 6.04 Å². The van der Waals surface area contributed by atoms with E-state index >= 15 is 0 Å². The van der Waals surface area contributed by atoms with E-state index in [2.05, 4.69) is 0 Å². The van der Waals surface area contributed by atoms with Crippen LogP contribution < -0.4 is 11.5 Å². The third kappa shape index (κ3) is 3.10. The lowest BCUT2D eigenvalue weighted by molar-refractivity contribution is 0.397.